The van der Waals surface area contributed by atoms with Crippen LogP contribution in [0.2, 0.25) is 0 Å². The minimum atomic E-state index is -0.688. The van der Waals surface area contributed by atoms with Crippen molar-refractivity contribution < 1.29 is 19.4 Å². The van der Waals surface area contributed by atoms with Crippen LogP contribution in [0.1, 0.15) is 39.2 Å². The number of hydrogen-bond acceptors (Lipinski definition) is 4. The number of hydrogen-bond donors (Lipinski definition) is 2. The lowest BCUT2D eigenvalue weighted by Crippen LogP contribution is -2.52. The quantitative estimate of drug-likeness (QED) is 0.873. The molecule has 6 nitrogen and oxygen atoms in total. The summed E-state index contributed by atoms with van der Waals surface area (Å²) in [5, 5.41) is 12.3. The number of aliphatic hydroxyl groups excluding tert-OH is 1. The molecule has 1 heterocycles. The van der Waals surface area contributed by atoms with Crippen LogP contribution in [0.25, 0.3) is 0 Å². The van der Waals surface area contributed by atoms with E-state index < -0.39 is 17.7 Å². The van der Waals surface area contributed by atoms with E-state index in [9.17, 15) is 14.7 Å². The molecule has 0 radical (unpaired) electrons. The van der Waals surface area contributed by atoms with Gasteiger partial charge in [0.05, 0.1) is 6.10 Å². The Hall–Kier alpha value is -2.08. The Kier molecular flexibility index (Phi) is 6.42. The van der Waals surface area contributed by atoms with Gasteiger partial charge in [-0.3, -0.25) is 4.79 Å². The van der Waals surface area contributed by atoms with Gasteiger partial charge in [0.15, 0.2) is 0 Å². The molecule has 0 unspecified atom stereocenters. The molecule has 2 N–H and O–H groups in total. The fourth-order valence-corrected chi connectivity index (χ4v) is 2.81. The predicted octanol–water partition coefficient (Wildman–Crippen LogP) is 2.11. The maximum atomic E-state index is 12.9. The molecule has 1 aliphatic heterocycles. The lowest BCUT2D eigenvalue weighted by Gasteiger charge is -2.33. The van der Waals surface area contributed by atoms with E-state index in [2.05, 4.69) is 5.32 Å². The van der Waals surface area contributed by atoms with Crippen LogP contribution in [0.3, 0.4) is 0 Å². The van der Waals surface area contributed by atoms with Gasteiger partial charge in [-0.05, 0) is 39.2 Å². The van der Waals surface area contributed by atoms with Crippen molar-refractivity contribution in [2.45, 2.75) is 57.8 Å². The van der Waals surface area contributed by atoms with Crippen molar-refractivity contribution in [2.24, 2.45) is 0 Å². The zero-order valence-electron chi connectivity index (χ0n) is 15.2. The molecule has 1 saturated heterocycles. The summed E-state index contributed by atoms with van der Waals surface area (Å²) >= 11 is 0. The molecule has 2 amide bonds. The minimum Gasteiger partial charge on any atom is -0.444 e. The smallest absolute Gasteiger partial charge is 0.408 e. The van der Waals surface area contributed by atoms with E-state index in [0.29, 0.717) is 32.4 Å². The number of rotatable bonds is 4. The number of benzene rings is 1. The van der Waals surface area contributed by atoms with Crippen molar-refractivity contribution in [2.75, 3.05) is 13.1 Å². The number of carbonyl (C=O) groups excluding carboxylic acids is 2. The van der Waals surface area contributed by atoms with Crippen LogP contribution in [-0.2, 0) is 16.0 Å². The summed E-state index contributed by atoms with van der Waals surface area (Å²) in [7, 11) is 0. The fraction of sp³-hybridized carbons (Fsp3) is 0.579. The van der Waals surface area contributed by atoms with E-state index in [-0.39, 0.29) is 12.0 Å². The van der Waals surface area contributed by atoms with Gasteiger partial charge in [0, 0.05) is 19.5 Å². The summed E-state index contributed by atoms with van der Waals surface area (Å²) in [6, 6.07) is 8.89. The number of piperidine rings is 1. The SMILES string of the molecule is CC(C)(C)OC(=O)N[C@@H](Cc1ccccc1)C(=O)N1CCC(O)CC1. The number of alkyl carbamates (subject to hydrolysis) is 1. The lowest BCUT2D eigenvalue weighted by molar-refractivity contribution is -0.135. The van der Waals surface area contributed by atoms with E-state index in [1.54, 1.807) is 25.7 Å². The van der Waals surface area contributed by atoms with Gasteiger partial charge in [-0.2, -0.15) is 0 Å². The number of ether oxygens (including phenoxy) is 1. The van der Waals surface area contributed by atoms with Crippen molar-refractivity contribution in [3.8, 4) is 0 Å². The summed E-state index contributed by atoms with van der Waals surface area (Å²) < 4.78 is 5.30. The molecule has 6 heteroatoms. The second-order valence-corrected chi connectivity index (χ2v) is 7.44. The number of likely N-dealkylation sites (tertiary alicyclic amines) is 1. The average molecular weight is 348 g/mol. The van der Waals surface area contributed by atoms with Crippen molar-refractivity contribution in [1.82, 2.24) is 10.2 Å². The fourth-order valence-electron chi connectivity index (χ4n) is 2.81. The van der Waals surface area contributed by atoms with Crippen molar-refractivity contribution >= 4 is 12.0 Å². The van der Waals surface area contributed by atoms with Gasteiger partial charge in [-0.25, -0.2) is 4.79 Å². The van der Waals surface area contributed by atoms with E-state index in [1.165, 1.54) is 0 Å². The molecule has 1 aliphatic rings. The molecule has 25 heavy (non-hydrogen) atoms. The Bertz CT molecular complexity index is 575. The van der Waals surface area contributed by atoms with Gasteiger partial charge >= 0.3 is 6.09 Å². The zero-order chi connectivity index (χ0) is 18.4. The lowest BCUT2D eigenvalue weighted by atomic mass is 10.0. The minimum absolute atomic E-state index is 0.137. The molecule has 0 spiro atoms. The zero-order valence-corrected chi connectivity index (χ0v) is 15.2. The molecule has 1 aromatic carbocycles. The first-order chi connectivity index (χ1) is 11.7. The van der Waals surface area contributed by atoms with E-state index in [1.807, 2.05) is 30.3 Å². The van der Waals surface area contributed by atoms with E-state index in [4.69, 9.17) is 4.74 Å². The van der Waals surface area contributed by atoms with Gasteiger partial charge in [0.25, 0.3) is 0 Å². The summed E-state index contributed by atoms with van der Waals surface area (Å²) in [5.41, 5.74) is 0.341. The normalized spacial score (nSPS) is 17.0. The Labute approximate surface area is 149 Å². The topological polar surface area (TPSA) is 78.9 Å². The molecule has 1 aromatic rings. The third-order valence-electron chi connectivity index (χ3n) is 4.05. The van der Waals surface area contributed by atoms with Crippen molar-refractivity contribution in [3.05, 3.63) is 35.9 Å². The summed E-state index contributed by atoms with van der Waals surface area (Å²) in [6.07, 6.45) is 0.582. The molecule has 0 bridgehead atoms. The monoisotopic (exact) mass is 348 g/mol. The van der Waals surface area contributed by atoms with Crippen LogP contribution in [0, 0.1) is 0 Å². The number of aliphatic hydroxyl groups is 1. The van der Waals surface area contributed by atoms with Crippen LogP contribution in [-0.4, -0.2) is 52.8 Å². The molecule has 1 atom stereocenters. The average Bonchev–Trinajstić information content (AvgIpc) is 2.53. The number of nitrogens with zero attached hydrogens (tertiary/aromatic N) is 1. The van der Waals surface area contributed by atoms with Gasteiger partial charge < -0.3 is 20.1 Å². The second kappa shape index (κ2) is 8.34. The molecular formula is C19H28N2O4. The van der Waals surface area contributed by atoms with Gasteiger partial charge in [0.1, 0.15) is 11.6 Å². The van der Waals surface area contributed by atoms with Crippen LogP contribution in [0.5, 0.6) is 0 Å². The summed E-state index contributed by atoms with van der Waals surface area (Å²) in [5.74, 6) is -0.137. The van der Waals surface area contributed by atoms with Crippen molar-refractivity contribution in [1.29, 1.82) is 0 Å². The number of amides is 2. The Morgan fingerprint density at radius 1 is 1.24 bits per heavy atom. The first-order valence-corrected chi connectivity index (χ1v) is 8.75. The molecule has 0 aliphatic carbocycles. The largest absolute Gasteiger partial charge is 0.444 e. The van der Waals surface area contributed by atoms with Gasteiger partial charge in [-0.15, -0.1) is 0 Å². The molecular weight excluding hydrogens is 320 g/mol. The first-order valence-electron chi connectivity index (χ1n) is 8.75. The predicted molar refractivity (Wildman–Crippen MR) is 95.1 cm³/mol. The number of carbonyl (C=O) groups is 2. The van der Waals surface area contributed by atoms with E-state index in [0.717, 1.165) is 5.56 Å². The first kappa shape index (κ1) is 19.2. The summed E-state index contributed by atoms with van der Waals surface area (Å²) in [6.45, 7) is 6.36. The standard InChI is InChI=1S/C19H28N2O4/c1-19(2,3)25-18(24)20-16(13-14-7-5-4-6-8-14)17(23)21-11-9-15(22)10-12-21/h4-8,15-16,22H,9-13H2,1-3H3,(H,20,24)/t16-/m0/s1. The summed E-state index contributed by atoms with van der Waals surface area (Å²) in [4.78, 5) is 26.7. The number of nitrogens with one attached hydrogen (secondary N) is 1. The van der Waals surface area contributed by atoms with Crippen LogP contribution >= 0.6 is 0 Å². The maximum Gasteiger partial charge on any atom is 0.408 e. The van der Waals surface area contributed by atoms with Gasteiger partial charge in [-0.1, -0.05) is 30.3 Å². The highest BCUT2D eigenvalue weighted by Crippen LogP contribution is 2.14. The Balaban J connectivity index is 2.08. The third-order valence-corrected chi connectivity index (χ3v) is 4.05. The van der Waals surface area contributed by atoms with Crippen LogP contribution < -0.4 is 5.32 Å². The molecule has 0 aromatic heterocycles. The molecule has 1 fully saturated rings. The highest BCUT2D eigenvalue weighted by atomic mass is 16.6. The van der Waals surface area contributed by atoms with E-state index >= 15 is 0 Å². The highest BCUT2D eigenvalue weighted by Gasteiger charge is 2.30. The Morgan fingerprint density at radius 3 is 2.40 bits per heavy atom. The van der Waals surface area contributed by atoms with Crippen molar-refractivity contribution in [3.63, 3.8) is 0 Å². The highest BCUT2D eigenvalue weighted by molar-refractivity contribution is 5.86. The molecule has 2 rings (SSSR count). The molecule has 0 saturated carbocycles. The second-order valence-electron chi connectivity index (χ2n) is 7.44. The molecule has 138 valence electrons. The van der Waals surface area contributed by atoms with Gasteiger partial charge in [0.2, 0.25) is 5.91 Å². The Morgan fingerprint density at radius 2 is 1.84 bits per heavy atom. The van der Waals surface area contributed by atoms with Crippen LogP contribution in [0.15, 0.2) is 30.3 Å². The van der Waals surface area contributed by atoms with Crippen LogP contribution in [0.4, 0.5) is 4.79 Å². The maximum absolute atomic E-state index is 12.9. The third kappa shape index (κ3) is 6.38.